The van der Waals surface area contributed by atoms with Crippen molar-refractivity contribution in [2.45, 2.75) is 14.7 Å². The normalized spacial score (nSPS) is 13.2. The Morgan fingerprint density at radius 1 is 0.792 bits per heavy atom. The maximum atomic E-state index is 13.3. The van der Waals surface area contributed by atoms with E-state index in [1.165, 1.54) is 10.4 Å². The molecule has 0 spiro atoms. The molecule has 1 heterocycles. The number of hydrogen-bond donors (Lipinski definition) is 1. The van der Waals surface area contributed by atoms with Crippen molar-refractivity contribution < 1.29 is 8.42 Å². The van der Waals surface area contributed by atoms with Gasteiger partial charge in [0.05, 0.1) is 16.3 Å². The smallest absolute Gasteiger partial charge is 0.268 e. The molecular weight excluding hydrogens is 340 g/mol. The van der Waals surface area contributed by atoms with Crippen LogP contribution in [0.25, 0.3) is 0 Å². The molecule has 0 aliphatic carbocycles. The molecule has 0 fully saturated rings. The second-order valence-corrected chi connectivity index (χ2v) is 8.25. The van der Waals surface area contributed by atoms with Gasteiger partial charge in [-0.1, -0.05) is 42.1 Å². The number of sulfonamides is 1. The van der Waals surface area contributed by atoms with Gasteiger partial charge in [-0.3, -0.25) is 0 Å². The van der Waals surface area contributed by atoms with Gasteiger partial charge in [0.15, 0.2) is 0 Å². The van der Waals surface area contributed by atoms with E-state index in [0.717, 1.165) is 9.79 Å². The zero-order chi connectivity index (χ0) is 16.7. The SMILES string of the molecule is Nc1cccc(S(=O)(=O)N2c3ccccc3Sc3ccccc32)c1. The molecule has 6 heteroatoms. The number of para-hydroxylation sites is 2. The highest BCUT2D eigenvalue weighted by Crippen LogP contribution is 2.50. The van der Waals surface area contributed by atoms with E-state index in [-0.39, 0.29) is 4.90 Å². The fourth-order valence-electron chi connectivity index (χ4n) is 2.71. The minimum atomic E-state index is -3.77. The summed E-state index contributed by atoms with van der Waals surface area (Å²) in [7, 11) is -3.77. The first-order valence-electron chi connectivity index (χ1n) is 7.34. The molecule has 0 unspecified atom stereocenters. The van der Waals surface area contributed by atoms with Gasteiger partial charge in [-0.15, -0.1) is 0 Å². The average Bonchev–Trinajstić information content (AvgIpc) is 2.59. The second kappa shape index (κ2) is 5.58. The average molecular weight is 354 g/mol. The number of rotatable bonds is 2. The molecule has 1 aliphatic heterocycles. The van der Waals surface area contributed by atoms with Crippen LogP contribution in [-0.4, -0.2) is 8.42 Å². The number of nitrogens with two attached hydrogens (primary N) is 1. The van der Waals surface area contributed by atoms with E-state index in [1.807, 2.05) is 48.5 Å². The monoisotopic (exact) mass is 354 g/mol. The lowest BCUT2D eigenvalue weighted by Gasteiger charge is -2.31. The third kappa shape index (κ3) is 2.35. The first kappa shape index (κ1) is 15.1. The lowest BCUT2D eigenvalue weighted by atomic mass is 10.2. The molecule has 4 rings (SSSR count). The van der Waals surface area contributed by atoms with Crippen LogP contribution in [0.5, 0.6) is 0 Å². The summed E-state index contributed by atoms with van der Waals surface area (Å²) in [4.78, 5) is 1.99. The summed E-state index contributed by atoms with van der Waals surface area (Å²) < 4.78 is 28.1. The van der Waals surface area contributed by atoms with Crippen LogP contribution in [0.3, 0.4) is 0 Å². The number of fused-ring (bicyclic) bond motifs is 2. The Labute approximate surface area is 145 Å². The predicted molar refractivity (Wildman–Crippen MR) is 97.2 cm³/mol. The van der Waals surface area contributed by atoms with E-state index < -0.39 is 10.0 Å². The molecule has 120 valence electrons. The predicted octanol–water partition coefficient (Wildman–Crippen LogP) is 4.26. The Morgan fingerprint density at radius 3 is 1.96 bits per heavy atom. The summed E-state index contributed by atoms with van der Waals surface area (Å²) >= 11 is 1.57. The maximum absolute atomic E-state index is 13.3. The molecule has 0 bridgehead atoms. The Balaban J connectivity index is 1.98. The molecule has 0 aromatic heterocycles. The lowest BCUT2D eigenvalue weighted by molar-refractivity contribution is 0.595. The first-order valence-corrected chi connectivity index (χ1v) is 9.60. The minimum Gasteiger partial charge on any atom is -0.399 e. The van der Waals surface area contributed by atoms with Gasteiger partial charge in [0.1, 0.15) is 0 Å². The summed E-state index contributed by atoms with van der Waals surface area (Å²) in [5, 5.41) is 0. The Morgan fingerprint density at radius 2 is 1.38 bits per heavy atom. The zero-order valence-corrected chi connectivity index (χ0v) is 14.2. The van der Waals surface area contributed by atoms with Crippen molar-refractivity contribution in [1.29, 1.82) is 0 Å². The van der Waals surface area contributed by atoms with Crippen molar-refractivity contribution in [3.05, 3.63) is 72.8 Å². The van der Waals surface area contributed by atoms with Crippen LogP contribution in [-0.2, 0) is 10.0 Å². The molecule has 3 aromatic rings. The third-order valence-corrected chi connectivity index (χ3v) is 6.64. The van der Waals surface area contributed by atoms with Crippen LogP contribution in [0.2, 0.25) is 0 Å². The van der Waals surface area contributed by atoms with Crippen LogP contribution in [0, 0.1) is 0 Å². The van der Waals surface area contributed by atoms with Gasteiger partial charge >= 0.3 is 0 Å². The lowest BCUT2D eigenvalue weighted by Crippen LogP contribution is -2.28. The second-order valence-electron chi connectivity index (χ2n) is 5.38. The Bertz CT molecular complexity index is 987. The highest BCUT2D eigenvalue weighted by Gasteiger charge is 2.33. The molecule has 0 saturated heterocycles. The molecule has 0 radical (unpaired) electrons. The zero-order valence-electron chi connectivity index (χ0n) is 12.6. The van der Waals surface area contributed by atoms with Gasteiger partial charge in [0.25, 0.3) is 10.0 Å². The molecule has 3 aromatic carbocycles. The van der Waals surface area contributed by atoms with Crippen molar-refractivity contribution in [3.8, 4) is 0 Å². The van der Waals surface area contributed by atoms with E-state index in [1.54, 1.807) is 30.0 Å². The van der Waals surface area contributed by atoms with Crippen molar-refractivity contribution in [1.82, 2.24) is 0 Å². The molecule has 0 amide bonds. The van der Waals surface area contributed by atoms with Crippen LogP contribution in [0.1, 0.15) is 0 Å². The van der Waals surface area contributed by atoms with Crippen LogP contribution in [0.4, 0.5) is 17.1 Å². The highest BCUT2D eigenvalue weighted by molar-refractivity contribution is 8.00. The topological polar surface area (TPSA) is 63.4 Å². The van der Waals surface area contributed by atoms with Crippen molar-refractivity contribution >= 4 is 38.8 Å². The summed E-state index contributed by atoms with van der Waals surface area (Å²) in [6.45, 7) is 0. The minimum absolute atomic E-state index is 0.180. The van der Waals surface area contributed by atoms with Gasteiger partial charge in [-0.2, -0.15) is 0 Å². The molecule has 4 nitrogen and oxygen atoms in total. The summed E-state index contributed by atoms with van der Waals surface area (Å²) in [6, 6.07) is 21.4. The number of benzene rings is 3. The largest absolute Gasteiger partial charge is 0.399 e. The summed E-state index contributed by atoms with van der Waals surface area (Å²) in [6.07, 6.45) is 0. The Hall–Kier alpha value is -2.44. The molecule has 0 saturated carbocycles. The number of nitrogens with zero attached hydrogens (tertiary/aromatic N) is 1. The van der Waals surface area contributed by atoms with E-state index >= 15 is 0 Å². The maximum Gasteiger partial charge on any atom is 0.268 e. The van der Waals surface area contributed by atoms with Crippen LogP contribution < -0.4 is 10.0 Å². The van der Waals surface area contributed by atoms with E-state index in [0.29, 0.717) is 17.1 Å². The van der Waals surface area contributed by atoms with E-state index in [2.05, 4.69) is 0 Å². The van der Waals surface area contributed by atoms with E-state index in [9.17, 15) is 8.42 Å². The van der Waals surface area contributed by atoms with Crippen molar-refractivity contribution in [3.63, 3.8) is 0 Å². The fraction of sp³-hybridized carbons (Fsp3) is 0. The molecular formula is C18H14N2O2S2. The fourth-order valence-corrected chi connectivity index (χ4v) is 5.47. The van der Waals surface area contributed by atoms with Crippen molar-refractivity contribution in [2.24, 2.45) is 0 Å². The van der Waals surface area contributed by atoms with Gasteiger partial charge in [0, 0.05) is 15.5 Å². The van der Waals surface area contributed by atoms with Gasteiger partial charge in [-0.25, -0.2) is 12.7 Å². The molecule has 24 heavy (non-hydrogen) atoms. The first-order chi connectivity index (χ1) is 11.6. The van der Waals surface area contributed by atoms with E-state index in [4.69, 9.17) is 5.73 Å². The molecule has 1 aliphatic rings. The van der Waals surface area contributed by atoms with Gasteiger partial charge in [-0.05, 0) is 42.5 Å². The quantitative estimate of drug-likeness (QED) is 0.699. The van der Waals surface area contributed by atoms with Crippen LogP contribution in [0.15, 0.2) is 87.5 Å². The standard InChI is InChI=1S/C18H14N2O2S2/c19-13-6-5-7-14(12-13)24(21,22)20-15-8-1-3-10-17(15)23-18-11-4-2-9-16(18)20/h1-12H,19H2. The van der Waals surface area contributed by atoms with Gasteiger partial charge < -0.3 is 5.73 Å². The highest BCUT2D eigenvalue weighted by atomic mass is 32.2. The molecule has 0 atom stereocenters. The Kier molecular flexibility index (Phi) is 3.51. The molecule has 2 N–H and O–H groups in total. The third-order valence-electron chi connectivity index (χ3n) is 3.78. The summed E-state index contributed by atoms with van der Waals surface area (Å²) in [5.74, 6) is 0. The van der Waals surface area contributed by atoms with Gasteiger partial charge in [0.2, 0.25) is 0 Å². The van der Waals surface area contributed by atoms with Crippen LogP contribution >= 0.6 is 11.8 Å². The number of hydrogen-bond acceptors (Lipinski definition) is 4. The number of anilines is 3. The van der Waals surface area contributed by atoms with Crippen molar-refractivity contribution in [2.75, 3.05) is 10.0 Å². The summed E-state index contributed by atoms with van der Waals surface area (Å²) in [5.41, 5.74) is 7.52. The number of nitrogen functional groups attached to an aromatic ring is 1.